The molecule has 96 valence electrons. The maximum Gasteiger partial charge on any atom is 0.256 e. The summed E-state index contributed by atoms with van der Waals surface area (Å²) in [6.07, 6.45) is 0. The number of benzene rings is 2. The molecule has 1 aromatic heterocycles. The molecule has 0 amide bonds. The molecule has 0 aliphatic heterocycles. The first-order chi connectivity index (χ1) is 9.06. The van der Waals surface area contributed by atoms with E-state index in [2.05, 4.69) is 24.9 Å². The molecular weight excluding hydrogens is 258 g/mol. The predicted octanol–water partition coefficient (Wildman–Crippen LogP) is 4.46. The highest BCUT2D eigenvalue weighted by molar-refractivity contribution is 6.31. The molecule has 0 aliphatic rings. The van der Waals surface area contributed by atoms with Crippen molar-refractivity contribution in [1.29, 1.82) is 0 Å². The lowest BCUT2D eigenvalue weighted by Crippen LogP contribution is -2.07. The molecule has 2 aromatic carbocycles. The molecule has 0 fully saturated rings. The Morgan fingerprint density at radius 1 is 1.00 bits per heavy atom. The van der Waals surface area contributed by atoms with Crippen molar-refractivity contribution in [3.05, 3.63) is 57.3 Å². The molecule has 0 spiro atoms. The van der Waals surface area contributed by atoms with E-state index in [1.165, 1.54) is 5.56 Å². The summed E-state index contributed by atoms with van der Waals surface area (Å²) in [6.45, 7) is 4.24. The summed E-state index contributed by atoms with van der Waals surface area (Å²) in [5.74, 6) is 0.407. The molecule has 0 bridgehead atoms. The van der Waals surface area contributed by atoms with Crippen molar-refractivity contribution in [3.8, 4) is 0 Å². The molecular formula is C16H14ClNO. The average molecular weight is 272 g/mol. The first-order valence-electron chi connectivity index (χ1n) is 6.31. The van der Waals surface area contributed by atoms with Gasteiger partial charge in [0.05, 0.1) is 5.52 Å². The minimum atomic E-state index is -0.0627. The Morgan fingerprint density at radius 2 is 1.74 bits per heavy atom. The molecule has 0 radical (unpaired) electrons. The van der Waals surface area contributed by atoms with Crippen LogP contribution in [0.5, 0.6) is 0 Å². The molecule has 0 atom stereocenters. The van der Waals surface area contributed by atoms with Gasteiger partial charge in [-0.15, -0.1) is 0 Å². The standard InChI is InChI=1S/C16H14ClNO/c1-9(2)10-3-5-12-13-6-4-11(17)8-15(13)18-16(19)14(12)7-10/h3-9H,1-2H3,(H,18,19). The fourth-order valence-corrected chi connectivity index (χ4v) is 2.56. The van der Waals surface area contributed by atoms with Crippen LogP contribution in [0.15, 0.2) is 41.2 Å². The lowest BCUT2D eigenvalue weighted by molar-refractivity contribution is 0.868. The van der Waals surface area contributed by atoms with Crippen LogP contribution >= 0.6 is 11.6 Å². The van der Waals surface area contributed by atoms with E-state index in [1.54, 1.807) is 6.07 Å². The van der Waals surface area contributed by atoms with Crippen LogP contribution in [0.2, 0.25) is 5.02 Å². The van der Waals surface area contributed by atoms with Crippen molar-refractivity contribution in [3.63, 3.8) is 0 Å². The van der Waals surface area contributed by atoms with Gasteiger partial charge in [0.15, 0.2) is 0 Å². The molecule has 1 N–H and O–H groups in total. The Labute approximate surface area is 116 Å². The largest absolute Gasteiger partial charge is 0.321 e. The third-order valence-corrected chi connectivity index (χ3v) is 3.71. The highest BCUT2D eigenvalue weighted by Crippen LogP contribution is 2.26. The fourth-order valence-electron chi connectivity index (χ4n) is 2.39. The van der Waals surface area contributed by atoms with Gasteiger partial charge in [0, 0.05) is 15.8 Å². The Bertz CT molecular complexity index is 833. The van der Waals surface area contributed by atoms with Crippen molar-refractivity contribution in [2.75, 3.05) is 0 Å². The van der Waals surface area contributed by atoms with E-state index in [0.717, 1.165) is 21.7 Å². The van der Waals surface area contributed by atoms with E-state index < -0.39 is 0 Å². The maximum atomic E-state index is 12.2. The number of pyridine rings is 1. The molecule has 19 heavy (non-hydrogen) atoms. The van der Waals surface area contributed by atoms with Crippen molar-refractivity contribution in [2.24, 2.45) is 0 Å². The van der Waals surface area contributed by atoms with Gasteiger partial charge >= 0.3 is 0 Å². The van der Waals surface area contributed by atoms with E-state index in [0.29, 0.717) is 10.9 Å². The number of halogens is 1. The van der Waals surface area contributed by atoms with Crippen LogP contribution in [-0.2, 0) is 0 Å². The first kappa shape index (κ1) is 12.2. The summed E-state index contributed by atoms with van der Waals surface area (Å²) in [4.78, 5) is 15.1. The van der Waals surface area contributed by atoms with E-state index in [1.807, 2.05) is 24.3 Å². The highest BCUT2D eigenvalue weighted by atomic mass is 35.5. The number of hydrogen-bond donors (Lipinski definition) is 1. The molecule has 3 rings (SSSR count). The number of aromatic amines is 1. The van der Waals surface area contributed by atoms with Crippen LogP contribution in [-0.4, -0.2) is 4.98 Å². The van der Waals surface area contributed by atoms with Crippen LogP contribution in [0.25, 0.3) is 21.7 Å². The van der Waals surface area contributed by atoms with Gasteiger partial charge in [0.1, 0.15) is 0 Å². The zero-order chi connectivity index (χ0) is 13.6. The zero-order valence-electron chi connectivity index (χ0n) is 10.8. The molecule has 2 nitrogen and oxygen atoms in total. The van der Waals surface area contributed by atoms with Crippen molar-refractivity contribution in [2.45, 2.75) is 19.8 Å². The highest BCUT2D eigenvalue weighted by Gasteiger charge is 2.08. The average Bonchev–Trinajstić information content (AvgIpc) is 2.38. The van der Waals surface area contributed by atoms with Crippen LogP contribution < -0.4 is 5.56 Å². The minimum absolute atomic E-state index is 0.0627. The van der Waals surface area contributed by atoms with Crippen LogP contribution in [0.1, 0.15) is 25.3 Å². The zero-order valence-corrected chi connectivity index (χ0v) is 11.6. The molecule has 3 aromatic rings. The second kappa shape index (κ2) is 4.39. The normalized spacial score (nSPS) is 11.6. The van der Waals surface area contributed by atoms with E-state index in [4.69, 9.17) is 11.6 Å². The van der Waals surface area contributed by atoms with Gasteiger partial charge in [0.25, 0.3) is 5.56 Å². The van der Waals surface area contributed by atoms with Gasteiger partial charge in [-0.25, -0.2) is 0 Å². The van der Waals surface area contributed by atoms with E-state index >= 15 is 0 Å². The number of hydrogen-bond acceptors (Lipinski definition) is 1. The Balaban J connectivity index is 2.46. The third kappa shape index (κ3) is 2.02. The fraction of sp³-hybridized carbons (Fsp3) is 0.188. The second-order valence-electron chi connectivity index (χ2n) is 5.10. The third-order valence-electron chi connectivity index (χ3n) is 3.47. The van der Waals surface area contributed by atoms with Gasteiger partial charge < -0.3 is 4.98 Å². The van der Waals surface area contributed by atoms with Crippen LogP contribution in [0.3, 0.4) is 0 Å². The van der Waals surface area contributed by atoms with Crippen molar-refractivity contribution < 1.29 is 0 Å². The maximum absolute atomic E-state index is 12.2. The second-order valence-corrected chi connectivity index (χ2v) is 5.54. The van der Waals surface area contributed by atoms with Gasteiger partial charge in [-0.05, 0) is 35.1 Å². The summed E-state index contributed by atoms with van der Waals surface area (Å²) < 4.78 is 0. The number of rotatable bonds is 1. The lowest BCUT2D eigenvalue weighted by atomic mass is 9.98. The van der Waals surface area contributed by atoms with Gasteiger partial charge in [-0.2, -0.15) is 0 Å². The molecule has 3 heteroatoms. The number of H-pyrrole nitrogens is 1. The first-order valence-corrected chi connectivity index (χ1v) is 6.69. The quantitative estimate of drug-likeness (QED) is 0.651. The van der Waals surface area contributed by atoms with Crippen LogP contribution in [0, 0.1) is 0 Å². The summed E-state index contributed by atoms with van der Waals surface area (Å²) in [5.41, 5.74) is 1.89. The predicted molar refractivity (Wildman–Crippen MR) is 81.2 cm³/mol. The Morgan fingerprint density at radius 3 is 2.47 bits per heavy atom. The summed E-state index contributed by atoms with van der Waals surface area (Å²) in [7, 11) is 0. The Hall–Kier alpha value is -1.80. The molecule has 0 aliphatic carbocycles. The molecule has 0 saturated carbocycles. The number of aromatic nitrogens is 1. The molecule has 0 unspecified atom stereocenters. The summed E-state index contributed by atoms with van der Waals surface area (Å²) in [5, 5.41) is 3.36. The molecule has 0 saturated heterocycles. The van der Waals surface area contributed by atoms with Gasteiger partial charge in [0.2, 0.25) is 0 Å². The number of fused-ring (bicyclic) bond motifs is 3. The molecule has 1 heterocycles. The van der Waals surface area contributed by atoms with Gasteiger partial charge in [-0.3, -0.25) is 4.79 Å². The van der Waals surface area contributed by atoms with E-state index in [-0.39, 0.29) is 5.56 Å². The summed E-state index contributed by atoms with van der Waals surface area (Å²) in [6, 6.07) is 11.7. The minimum Gasteiger partial charge on any atom is -0.321 e. The van der Waals surface area contributed by atoms with Crippen LogP contribution in [0.4, 0.5) is 0 Å². The summed E-state index contributed by atoms with van der Waals surface area (Å²) >= 11 is 5.97. The van der Waals surface area contributed by atoms with Gasteiger partial charge in [-0.1, -0.05) is 43.6 Å². The topological polar surface area (TPSA) is 32.9 Å². The SMILES string of the molecule is CC(C)c1ccc2c(c1)c(=O)[nH]c1cc(Cl)ccc12. The smallest absolute Gasteiger partial charge is 0.256 e. The van der Waals surface area contributed by atoms with Crippen molar-refractivity contribution in [1.82, 2.24) is 4.98 Å². The van der Waals surface area contributed by atoms with E-state index in [9.17, 15) is 4.79 Å². The Kier molecular flexibility index (Phi) is 2.83. The monoisotopic (exact) mass is 271 g/mol. The lowest BCUT2D eigenvalue weighted by Gasteiger charge is -2.08. The van der Waals surface area contributed by atoms with Crippen molar-refractivity contribution >= 4 is 33.3 Å². The number of nitrogens with one attached hydrogen (secondary N) is 1.